The number of aromatic nitrogens is 3. The van der Waals surface area contributed by atoms with E-state index < -0.39 is 0 Å². The molecule has 0 spiro atoms. The van der Waals surface area contributed by atoms with Crippen LogP contribution in [0.5, 0.6) is 11.9 Å². The maximum absolute atomic E-state index is 13.1. The third kappa shape index (κ3) is 3.54. The molecule has 1 unspecified atom stereocenters. The van der Waals surface area contributed by atoms with Crippen molar-refractivity contribution in [2.75, 3.05) is 39.8 Å². The van der Waals surface area contributed by atoms with Crippen molar-refractivity contribution in [1.29, 1.82) is 0 Å². The van der Waals surface area contributed by atoms with Crippen molar-refractivity contribution in [2.45, 2.75) is 18.9 Å². The molecule has 1 aliphatic heterocycles. The summed E-state index contributed by atoms with van der Waals surface area (Å²) in [6.07, 6.45) is 3.62. The van der Waals surface area contributed by atoms with Gasteiger partial charge in [-0.2, -0.15) is 9.97 Å². The van der Waals surface area contributed by atoms with Crippen molar-refractivity contribution in [2.24, 2.45) is 0 Å². The van der Waals surface area contributed by atoms with Crippen LogP contribution in [0, 0.1) is 0 Å². The van der Waals surface area contributed by atoms with Crippen molar-refractivity contribution >= 4 is 11.7 Å². The number of ether oxygens (including phenoxy) is 2. The van der Waals surface area contributed by atoms with E-state index in [0.717, 1.165) is 24.2 Å². The van der Waals surface area contributed by atoms with E-state index in [1.165, 1.54) is 20.3 Å². The van der Waals surface area contributed by atoms with Crippen LogP contribution in [0.4, 0.5) is 5.82 Å². The van der Waals surface area contributed by atoms with E-state index in [4.69, 9.17) is 9.47 Å². The number of anilines is 1. The van der Waals surface area contributed by atoms with E-state index >= 15 is 0 Å². The quantitative estimate of drug-likeness (QED) is 0.809. The second-order valence-corrected chi connectivity index (χ2v) is 6.28. The van der Waals surface area contributed by atoms with Gasteiger partial charge < -0.3 is 19.3 Å². The lowest BCUT2D eigenvalue weighted by molar-refractivity contribution is 0.0727. The molecule has 8 nitrogen and oxygen atoms in total. The summed E-state index contributed by atoms with van der Waals surface area (Å²) in [6, 6.07) is 5.64. The van der Waals surface area contributed by atoms with Crippen molar-refractivity contribution in [1.82, 2.24) is 19.9 Å². The molecule has 1 aliphatic rings. The molecule has 0 N–H and O–H groups in total. The summed E-state index contributed by atoms with van der Waals surface area (Å²) in [5.74, 6) is 1.01. The molecule has 138 valence electrons. The monoisotopic (exact) mass is 357 g/mol. The molecule has 3 rings (SSSR count). The van der Waals surface area contributed by atoms with Crippen molar-refractivity contribution in [3.63, 3.8) is 0 Å². The van der Waals surface area contributed by atoms with Crippen LogP contribution in [-0.2, 0) is 0 Å². The molecule has 1 fully saturated rings. The van der Waals surface area contributed by atoms with Crippen LogP contribution in [0.1, 0.15) is 34.9 Å². The maximum Gasteiger partial charge on any atom is 0.320 e. The third-order valence-corrected chi connectivity index (χ3v) is 4.42. The summed E-state index contributed by atoms with van der Waals surface area (Å²) in [5, 5.41) is 0. The molecule has 2 aromatic heterocycles. The molecule has 0 bridgehead atoms. The Morgan fingerprint density at radius 2 is 2.04 bits per heavy atom. The number of hydrogen-bond donors (Lipinski definition) is 0. The number of pyridine rings is 1. The van der Waals surface area contributed by atoms with Crippen LogP contribution in [0.25, 0.3) is 0 Å². The average molecular weight is 357 g/mol. The van der Waals surface area contributed by atoms with Gasteiger partial charge in [0.1, 0.15) is 11.5 Å². The lowest BCUT2D eigenvalue weighted by Gasteiger charge is -2.25. The third-order valence-electron chi connectivity index (χ3n) is 4.42. The Morgan fingerprint density at radius 1 is 1.23 bits per heavy atom. The molecule has 8 heteroatoms. The lowest BCUT2D eigenvalue weighted by atomic mass is 10.1. The largest absolute Gasteiger partial charge is 0.481 e. The number of hydrogen-bond acceptors (Lipinski definition) is 7. The highest BCUT2D eigenvalue weighted by molar-refractivity contribution is 5.93. The number of carbonyl (C=O) groups is 1. The molecule has 0 aromatic carbocycles. The number of methoxy groups -OCH3 is 2. The van der Waals surface area contributed by atoms with Crippen molar-refractivity contribution < 1.29 is 14.3 Å². The van der Waals surface area contributed by atoms with E-state index in [9.17, 15) is 4.79 Å². The number of amides is 1. The van der Waals surface area contributed by atoms with Gasteiger partial charge in [0.15, 0.2) is 0 Å². The molecule has 3 heterocycles. The van der Waals surface area contributed by atoms with Gasteiger partial charge in [-0.25, -0.2) is 4.98 Å². The smallest absolute Gasteiger partial charge is 0.320 e. The minimum Gasteiger partial charge on any atom is -0.481 e. The summed E-state index contributed by atoms with van der Waals surface area (Å²) in [6.45, 7) is 0.678. The summed E-state index contributed by atoms with van der Waals surface area (Å²) in [7, 11) is 6.85. The zero-order chi connectivity index (χ0) is 18.7. The molecule has 0 radical (unpaired) electrons. The number of carbonyl (C=O) groups excluding carboxylic acids is 1. The van der Waals surface area contributed by atoms with Gasteiger partial charge in [-0.05, 0) is 30.5 Å². The SMILES string of the molecule is COc1cc(C(=O)N2CCCC2c2ccnc(N(C)C)c2)nc(OC)n1. The van der Waals surface area contributed by atoms with E-state index in [1.807, 2.05) is 36.0 Å². The van der Waals surface area contributed by atoms with Crippen LogP contribution in [-0.4, -0.2) is 60.6 Å². The van der Waals surface area contributed by atoms with Gasteiger partial charge in [-0.3, -0.25) is 4.79 Å². The Balaban J connectivity index is 1.90. The normalized spacial score (nSPS) is 16.5. The number of nitrogens with zero attached hydrogens (tertiary/aromatic N) is 5. The van der Waals surface area contributed by atoms with E-state index in [-0.39, 0.29) is 23.7 Å². The summed E-state index contributed by atoms with van der Waals surface area (Å²) in [4.78, 5) is 29.5. The van der Waals surface area contributed by atoms with E-state index in [2.05, 4.69) is 15.0 Å². The Hall–Kier alpha value is -2.90. The van der Waals surface area contributed by atoms with Crippen LogP contribution in [0.15, 0.2) is 24.4 Å². The zero-order valence-corrected chi connectivity index (χ0v) is 15.5. The van der Waals surface area contributed by atoms with Gasteiger partial charge in [0, 0.05) is 32.9 Å². The van der Waals surface area contributed by atoms with Crippen molar-refractivity contribution in [3.8, 4) is 11.9 Å². The van der Waals surface area contributed by atoms with Gasteiger partial charge in [0.2, 0.25) is 5.88 Å². The van der Waals surface area contributed by atoms with E-state index in [1.54, 1.807) is 6.20 Å². The Kier molecular flexibility index (Phi) is 5.20. The van der Waals surface area contributed by atoms with Crippen LogP contribution in [0.2, 0.25) is 0 Å². The fourth-order valence-corrected chi connectivity index (χ4v) is 3.10. The Morgan fingerprint density at radius 3 is 2.73 bits per heavy atom. The summed E-state index contributed by atoms with van der Waals surface area (Å²) >= 11 is 0. The molecule has 26 heavy (non-hydrogen) atoms. The van der Waals surface area contributed by atoms with Crippen LogP contribution in [0.3, 0.4) is 0 Å². The Labute approximate surface area is 152 Å². The first kappa shape index (κ1) is 17.9. The van der Waals surface area contributed by atoms with Gasteiger partial charge in [0.05, 0.1) is 20.3 Å². The molecule has 0 aliphatic carbocycles. The number of likely N-dealkylation sites (tertiary alicyclic amines) is 1. The highest BCUT2D eigenvalue weighted by Gasteiger charge is 2.32. The molecule has 1 amide bonds. The maximum atomic E-state index is 13.1. The second kappa shape index (κ2) is 7.55. The predicted octanol–water partition coefficient (Wildman–Crippen LogP) is 1.93. The Bertz CT molecular complexity index is 774. The zero-order valence-electron chi connectivity index (χ0n) is 15.5. The fourth-order valence-electron chi connectivity index (χ4n) is 3.10. The molecule has 1 atom stereocenters. The molecular formula is C18H23N5O3. The van der Waals surface area contributed by atoms with Gasteiger partial charge in [0.25, 0.3) is 5.91 Å². The first-order valence-electron chi connectivity index (χ1n) is 8.44. The number of rotatable bonds is 5. The minimum atomic E-state index is -0.158. The lowest BCUT2D eigenvalue weighted by Crippen LogP contribution is -2.31. The highest BCUT2D eigenvalue weighted by atomic mass is 16.5. The first-order valence-corrected chi connectivity index (χ1v) is 8.44. The summed E-state index contributed by atoms with van der Waals surface area (Å²) < 4.78 is 10.2. The topological polar surface area (TPSA) is 80.7 Å². The van der Waals surface area contributed by atoms with Gasteiger partial charge in [-0.15, -0.1) is 0 Å². The van der Waals surface area contributed by atoms with Gasteiger partial charge in [-0.1, -0.05) is 0 Å². The van der Waals surface area contributed by atoms with Gasteiger partial charge >= 0.3 is 6.01 Å². The van der Waals surface area contributed by atoms with Crippen LogP contribution >= 0.6 is 0 Å². The molecular weight excluding hydrogens is 334 g/mol. The molecule has 0 saturated carbocycles. The summed E-state index contributed by atoms with van der Waals surface area (Å²) in [5.41, 5.74) is 1.34. The second-order valence-electron chi connectivity index (χ2n) is 6.28. The molecule has 1 saturated heterocycles. The van der Waals surface area contributed by atoms with Crippen molar-refractivity contribution in [3.05, 3.63) is 35.7 Å². The predicted molar refractivity (Wildman–Crippen MR) is 96.7 cm³/mol. The standard InChI is InChI=1S/C18H23N5O3/c1-22(2)15-10-12(7-8-19-15)14-6-5-9-23(14)17(24)13-11-16(25-3)21-18(20-13)26-4/h7-8,10-11,14H,5-6,9H2,1-4H3. The highest BCUT2D eigenvalue weighted by Crippen LogP contribution is 2.34. The molecule has 2 aromatic rings. The fraction of sp³-hybridized carbons (Fsp3) is 0.444. The van der Waals surface area contributed by atoms with Crippen LogP contribution < -0.4 is 14.4 Å². The van der Waals surface area contributed by atoms with E-state index in [0.29, 0.717) is 12.4 Å². The first-order chi connectivity index (χ1) is 12.5. The minimum absolute atomic E-state index is 0.00356. The average Bonchev–Trinajstić information content (AvgIpc) is 3.16.